The van der Waals surface area contributed by atoms with Crippen LogP contribution in [0.4, 0.5) is 5.69 Å². The van der Waals surface area contributed by atoms with Gasteiger partial charge in [0.05, 0.1) is 6.04 Å². The minimum absolute atomic E-state index is 0.0126. The fourth-order valence-electron chi connectivity index (χ4n) is 2.69. The van der Waals surface area contributed by atoms with Gasteiger partial charge in [-0.15, -0.1) is 0 Å². The number of carbonyl (C=O) groups excluding carboxylic acids is 2. The number of carbonyl (C=O) groups is 2. The summed E-state index contributed by atoms with van der Waals surface area (Å²) in [5, 5.41) is 3.16. The maximum Gasteiger partial charge on any atom is 0.244 e. The number of nitrogens with one attached hydrogen (secondary N) is 1. The van der Waals surface area contributed by atoms with E-state index in [0.717, 1.165) is 5.69 Å². The number of ketones is 1. The topological polar surface area (TPSA) is 49.4 Å². The van der Waals surface area contributed by atoms with Gasteiger partial charge in [-0.3, -0.25) is 9.59 Å². The summed E-state index contributed by atoms with van der Waals surface area (Å²) < 4.78 is 0. The maximum atomic E-state index is 12.6. The second kappa shape index (κ2) is 6.54. The van der Waals surface area contributed by atoms with Crippen LogP contribution in [0.15, 0.2) is 60.7 Å². The number of hydrogen-bond acceptors (Lipinski definition) is 3. The second-order valence-corrected chi connectivity index (χ2v) is 5.33. The molecule has 4 heteroatoms. The molecular formula is C18H18N2O2. The lowest BCUT2D eigenvalue weighted by molar-refractivity contribution is -0.121. The first-order chi connectivity index (χ1) is 10.8. The number of para-hydroxylation sites is 1. The summed E-state index contributed by atoms with van der Waals surface area (Å²) >= 11 is 0. The van der Waals surface area contributed by atoms with Gasteiger partial charge in [0.15, 0.2) is 5.78 Å². The molecule has 1 aliphatic rings. The molecule has 112 valence electrons. The number of amides is 1. The molecule has 1 saturated heterocycles. The van der Waals surface area contributed by atoms with Crippen LogP contribution in [0, 0.1) is 0 Å². The van der Waals surface area contributed by atoms with E-state index in [4.69, 9.17) is 0 Å². The highest BCUT2D eigenvalue weighted by molar-refractivity contribution is 6.04. The molecule has 1 atom stereocenters. The minimum atomic E-state index is -0.457. The Morgan fingerprint density at radius 1 is 1.05 bits per heavy atom. The van der Waals surface area contributed by atoms with Crippen LogP contribution in [0.1, 0.15) is 16.8 Å². The quantitative estimate of drug-likeness (QED) is 0.880. The predicted molar refractivity (Wildman–Crippen MR) is 86.0 cm³/mol. The number of Topliss-reactive ketones (excluding diaryl/α,β-unsaturated/α-hetero) is 1. The number of benzene rings is 2. The van der Waals surface area contributed by atoms with Crippen molar-refractivity contribution in [3.63, 3.8) is 0 Å². The van der Waals surface area contributed by atoms with E-state index in [1.165, 1.54) is 0 Å². The first kappa shape index (κ1) is 14.5. The molecule has 0 aromatic heterocycles. The SMILES string of the molecule is O=C(CC1NCCN(c2ccccc2)C1=O)c1ccccc1. The molecule has 1 fully saturated rings. The third-order valence-electron chi connectivity index (χ3n) is 3.84. The van der Waals surface area contributed by atoms with Crippen molar-refractivity contribution in [2.45, 2.75) is 12.5 Å². The minimum Gasteiger partial charge on any atom is -0.310 e. The van der Waals surface area contributed by atoms with E-state index in [1.54, 1.807) is 17.0 Å². The molecule has 2 aromatic carbocycles. The van der Waals surface area contributed by atoms with E-state index >= 15 is 0 Å². The van der Waals surface area contributed by atoms with Gasteiger partial charge in [0, 0.05) is 30.8 Å². The summed E-state index contributed by atoms with van der Waals surface area (Å²) in [7, 11) is 0. The average Bonchev–Trinajstić information content (AvgIpc) is 2.58. The summed E-state index contributed by atoms with van der Waals surface area (Å²) in [6, 6.07) is 18.2. The van der Waals surface area contributed by atoms with Crippen molar-refractivity contribution in [3.8, 4) is 0 Å². The van der Waals surface area contributed by atoms with Gasteiger partial charge in [0.2, 0.25) is 5.91 Å². The zero-order valence-corrected chi connectivity index (χ0v) is 12.2. The van der Waals surface area contributed by atoms with E-state index in [0.29, 0.717) is 18.7 Å². The van der Waals surface area contributed by atoms with Crippen molar-refractivity contribution < 1.29 is 9.59 Å². The first-order valence-corrected chi connectivity index (χ1v) is 7.44. The Morgan fingerprint density at radius 3 is 2.36 bits per heavy atom. The van der Waals surface area contributed by atoms with Crippen LogP contribution in [-0.2, 0) is 4.79 Å². The number of anilines is 1. The van der Waals surface area contributed by atoms with Crippen LogP contribution >= 0.6 is 0 Å². The Hall–Kier alpha value is -2.46. The average molecular weight is 294 g/mol. The van der Waals surface area contributed by atoms with Crippen molar-refractivity contribution in [2.75, 3.05) is 18.0 Å². The number of nitrogens with zero attached hydrogens (tertiary/aromatic N) is 1. The Bertz CT molecular complexity index is 655. The highest BCUT2D eigenvalue weighted by Gasteiger charge is 2.30. The standard InChI is InChI=1S/C18H18N2O2/c21-17(14-7-3-1-4-8-14)13-16-18(22)20(12-11-19-16)15-9-5-2-6-10-15/h1-10,16,19H,11-13H2. The van der Waals surface area contributed by atoms with Crippen LogP contribution in [0.3, 0.4) is 0 Å². The molecule has 1 aliphatic heterocycles. The van der Waals surface area contributed by atoms with Gasteiger partial charge in [-0.25, -0.2) is 0 Å². The molecule has 1 unspecified atom stereocenters. The third kappa shape index (κ3) is 3.07. The highest BCUT2D eigenvalue weighted by Crippen LogP contribution is 2.18. The second-order valence-electron chi connectivity index (χ2n) is 5.33. The molecule has 0 bridgehead atoms. The molecule has 2 aromatic rings. The number of piperazine rings is 1. The van der Waals surface area contributed by atoms with Crippen LogP contribution in [0.25, 0.3) is 0 Å². The summed E-state index contributed by atoms with van der Waals surface area (Å²) in [6.45, 7) is 1.31. The summed E-state index contributed by atoms with van der Waals surface area (Å²) in [5.41, 5.74) is 1.53. The number of hydrogen-bond donors (Lipinski definition) is 1. The van der Waals surface area contributed by atoms with E-state index < -0.39 is 6.04 Å². The lowest BCUT2D eigenvalue weighted by Gasteiger charge is -2.33. The van der Waals surface area contributed by atoms with Crippen LogP contribution in [0.5, 0.6) is 0 Å². The summed E-state index contributed by atoms with van der Waals surface area (Å²) in [4.78, 5) is 26.6. The van der Waals surface area contributed by atoms with E-state index in [1.807, 2.05) is 48.5 Å². The van der Waals surface area contributed by atoms with Gasteiger partial charge < -0.3 is 10.2 Å². The molecule has 22 heavy (non-hydrogen) atoms. The fraction of sp³-hybridized carbons (Fsp3) is 0.222. The van der Waals surface area contributed by atoms with Crippen LogP contribution < -0.4 is 10.2 Å². The largest absolute Gasteiger partial charge is 0.310 e. The van der Waals surface area contributed by atoms with Gasteiger partial charge in [0.1, 0.15) is 0 Å². The van der Waals surface area contributed by atoms with Gasteiger partial charge in [-0.2, -0.15) is 0 Å². The molecule has 1 N–H and O–H groups in total. The zero-order valence-electron chi connectivity index (χ0n) is 12.2. The maximum absolute atomic E-state index is 12.6. The van der Waals surface area contributed by atoms with Gasteiger partial charge in [-0.05, 0) is 12.1 Å². The van der Waals surface area contributed by atoms with Crippen LogP contribution in [0.2, 0.25) is 0 Å². The van der Waals surface area contributed by atoms with E-state index in [-0.39, 0.29) is 18.1 Å². The van der Waals surface area contributed by atoms with Crippen molar-refractivity contribution in [2.24, 2.45) is 0 Å². The molecule has 1 amide bonds. The van der Waals surface area contributed by atoms with Crippen molar-refractivity contribution in [3.05, 3.63) is 66.2 Å². The lowest BCUT2D eigenvalue weighted by Crippen LogP contribution is -2.55. The Balaban J connectivity index is 1.72. The predicted octanol–water partition coefficient (Wildman–Crippen LogP) is 2.26. The Morgan fingerprint density at radius 2 is 1.68 bits per heavy atom. The molecule has 0 spiro atoms. The fourth-order valence-corrected chi connectivity index (χ4v) is 2.69. The molecular weight excluding hydrogens is 276 g/mol. The smallest absolute Gasteiger partial charge is 0.244 e. The van der Waals surface area contributed by atoms with Gasteiger partial charge in [0.25, 0.3) is 0 Å². The van der Waals surface area contributed by atoms with E-state index in [9.17, 15) is 9.59 Å². The van der Waals surface area contributed by atoms with Gasteiger partial charge >= 0.3 is 0 Å². The molecule has 0 saturated carbocycles. The van der Waals surface area contributed by atoms with Gasteiger partial charge in [-0.1, -0.05) is 48.5 Å². The molecule has 1 heterocycles. The molecule has 0 radical (unpaired) electrons. The normalized spacial score (nSPS) is 18.3. The number of rotatable bonds is 4. The third-order valence-corrected chi connectivity index (χ3v) is 3.84. The Labute approximate surface area is 129 Å². The van der Waals surface area contributed by atoms with Crippen LogP contribution in [-0.4, -0.2) is 30.8 Å². The van der Waals surface area contributed by atoms with E-state index in [2.05, 4.69) is 5.32 Å². The zero-order chi connectivity index (χ0) is 15.4. The van der Waals surface area contributed by atoms with Crippen molar-refractivity contribution in [1.82, 2.24) is 5.32 Å². The monoisotopic (exact) mass is 294 g/mol. The van der Waals surface area contributed by atoms with Crippen molar-refractivity contribution >= 4 is 17.4 Å². The lowest BCUT2D eigenvalue weighted by atomic mass is 10.0. The Kier molecular flexibility index (Phi) is 4.30. The van der Waals surface area contributed by atoms with Crippen molar-refractivity contribution in [1.29, 1.82) is 0 Å². The first-order valence-electron chi connectivity index (χ1n) is 7.44. The summed E-state index contributed by atoms with van der Waals surface area (Å²) in [6.07, 6.45) is 0.187. The molecule has 3 rings (SSSR count). The highest BCUT2D eigenvalue weighted by atomic mass is 16.2. The molecule has 4 nitrogen and oxygen atoms in total. The summed E-state index contributed by atoms with van der Waals surface area (Å²) in [5.74, 6) is -0.0527. The molecule has 0 aliphatic carbocycles.